The largest absolute Gasteiger partial charge is 0.387 e. The van der Waals surface area contributed by atoms with Crippen LogP contribution in [0.1, 0.15) is 19.8 Å². The Hall–Kier alpha value is -0.620. The predicted molar refractivity (Wildman–Crippen MR) is 58.9 cm³/mol. The molecule has 0 aromatic heterocycles. The summed E-state index contributed by atoms with van der Waals surface area (Å²) in [5.74, 6) is 0.547. The first-order valence-electron chi connectivity index (χ1n) is 4.59. The van der Waals surface area contributed by atoms with Crippen molar-refractivity contribution >= 4 is 15.9 Å². The number of rotatable bonds is 6. The zero-order valence-electron chi connectivity index (χ0n) is 9.02. The van der Waals surface area contributed by atoms with Crippen LogP contribution in [-0.2, 0) is 10.0 Å². The maximum Gasteiger partial charge on any atom is 0.215 e. The Morgan fingerprint density at radius 1 is 1.43 bits per heavy atom. The van der Waals surface area contributed by atoms with Crippen LogP contribution in [0.25, 0.3) is 0 Å². The second kappa shape index (κ2) is 5.98. The van der Waals surface area contributed by atoms with E-state index in [9.17, 15) is 8.42 Å². The molecule has 0 bridgehead atoms. The average Bonchev–Trinajstić information content (AvgIpc) is 2.04. The molecule has 84 valence electrons. The maximum atomic E-state index is 11.3. The van der Waals surface area contributed by atoms with Crippen LogP contribution in [0.2, 0.25) is 0 Å². The molecule has 0 heterocycles. The molecule has 0 rings (SSSR count). The monoisotopic (exact) mass is 221 g/mol. The topological polar surface area (TPSA) is 75.8 Å². The van der Waals surface area contributed by atoms with Gasteiger partial charge in [0.25, 0.3) is 0 Å². The molecule has 14 heavy (non-hydrogen) atoms. The SMILES string of the molecule is CCCC(N)=NCCS(=O)(=O)N(C)C. The van der Waals surface area contributed by atoms with E-state index in [0.29, 0.717) is 5.84 Å². The highest BCUT2D eigenvalue weighted by molar-refractivity contribution is 7.89. The third-order valence-electron chi connectivity index (χ3n) is 1.73. The van der Waals surface area contributed by atoms with Crippen molar-refractivity contribution in [2.24, 2.45) is 10.7 Å². The number of aliphatic imine (C=N–C) groups is 1. The summed E-state index contributed by atoms with van der Waals surface area (Å²) in [6.45, 7) is 2.24. The van der Waals surface area contributed by atoms with Crippen molar-refractivity contribution in [3.05, 3.63) is 0 Å². The van der Waals surface area contributed by atoms with E-state index in [1.54, 1.807) is 0 Å². The predicted octanol–water partition coefficient (Wildman–Crippen LogP) is 0.0351. The van der Waals surface area contributed by atoms with Crippen molar-refractivity contribution in [2.45, 2.75) is 19.8 Å². The summed E-state index contributed by atoms with van der Waals surface area (Å²) in [6, 6.07) is 0. The molecule has 0 aliphatic heterocycles. The summed E-state index contributed by atoms with van der Waals surface area (Å²) >= 11 is 0. The Kier molecular flexibility index (Phi) is 5.71. The first-order chi connectivity index (χ1) is 6.40. The van der Waals surface area contributed by atoms with E-state index in [-0.39, 0.29) is 12.3 Å². The van der Waals surface area contributed by atoms with E-state index >= 15 is 0 Å². The number of nitrogens with zero attached hydrogens (tertiary/aromatic N) is 2. The van der Waals surface area contributed by atoms with Gasteiger partial charge < -0.3 is 5.73 Å². The van der Waals surface area contributed by atoms with Gasteiger partial charge in [0, 0.05) is 20.5 Å². The van der Waals surface area contributed by atoms with Crippen molar-refractivity contribution in [2.75, 3.05) is 26.4 Å². The lowest BCUT2D eigenvalue weighted by Gasteiger charge is -2.09. The molecule has 0 fully saturated rings. The van der Waals surface area contributed by atoms with E-state index in [4.69, 9.17) is 5.73 Å². The highest BCUT2D eigenvalue weighted by atomic mass is 32.2. The Labute approximate surface area is 86.0 Å². The molecule has 2 N–H and O–H groups in total. The van der Waals surface area contributed by atoms with Gasteiger partial charge in [0.2, 0.25) is 10.0 Å². The Morgan fingerprint density at radius 3 is 2.43 bits per heavy atom. The molecule has 0 saturated heterocycles. The molecule has 0 aliphatic carbocycles. The third kappa shape index (κ3) is 5.18. The Morgan fingerprint density at radius 2 is 2.00 bits per heavy atom. The minimum atomic E-state index is -3.14. The fourth-order valence-electron chi connectivity index (χ4n) is 0.822. The van der Waals surface area contributed by atoms with Crippen molar-refractivity contribution in [1.29, 1.82) is 0 Å². The normalized spacial score (nSPS) is 13.6. The van der Waals surface area contributed by atoms with Crippen LogP contribution in [0.5, 0.6) is 0 Å². The molecular formula is C8H19N3O2S. The summed E-state index contributed by atoms with van der Waals surface area (Å²) < 4.78 is 23.8. The lowest BCUT2D eigenvalue weighted by molar-refractivity contribution is 0.521. The molecule has 0 aromatic rings. The summed E-state index contributed by atoms with van der Waals surface area (Å²) in [5.41, 5.74) is 5.53. The van der Waals surface area contributed by atoms with Gasteiger partial charge in [0.1, 0.15) is 0 Å². The van der Waals surface area contributed by atoms with E-state index in [1.807, 2.05) is 6.92 Å². The Bertz CT molecular complexity index is 283. The quantitative estimate of drug-likeness (QED) is 0.508. The average molecular weight is 221 g/mol. The van der Waals surface area contributed by atoms with Gasteiger partial charge in [-0.15, -0.1) is 0 Å². The van der Waals surface area contributed by atoms with Gasteiger partial charge >= 0.3 is 0 Å². The molecule has 5 nitrogen and oxygen atoms in total. The van der Waals surface area contributed by atoms with Crippen LogP contribution in [0.4, 0.5) is 0 Å². The molecule has 0 unspecified atom stereocenters. The number of amidine groups is 1. The molecule has 0 atom stereocenters. The first-order valence-corrected chi connectivity index (χ1v) is 6.20. The van der Waals surface area contributed by atoms with Gasteiger partial charge in [0.15, 0.2) is 0 Å². The van der Waals surface area contributed by atoms with E-state index in [0.717, 1.165) is 12.8 Å². The fraction of sp³-hybridized carbons (Fsp3) is 0.875. The molecule has 0 saturated carbocycles. The molecule has 0 radical (unpaired) electrons. The first kappa shape index (κ1) is 13.4. The van der Waals surface area contributed by atoms with Gasteiger partial charge in [-0.1, -0.05) is 6.92 Å². The number of nitrogens with two attached hydrogens (primary N) is 1. The third-order valence-corrected chi connectivity index (χ3v) is 3.54. The zero-order valence-corrected chi connectivity index (χ0v) is 9.84. The summed E-state index contributed by atoms with van der Waals surface area (Å²) in [7, 11) is -0.121. The molecule has 0 amide bonds. The molecule has 0 aliphatic rings. The van der Waals surface area contributed by atoms with E-state index in [1.165, 1.54) is 18.4 Å². The van der Waals surface area contributed by atoms with Crippen molar-refractivity contribution in [3.8, 4) is 0 Å². The number of hydrogen-bond donors (Lipinski definition) is 1. The fourth-order valence-corrected chi connectivity index (χ4v) is 1.51. The minimum Gasteiger partial charge on any atom is -0.387 e. The lowest BCUT2D eigenvalue weighted by Crippen LogP contribution is -2.26. The molecule has 0 aromatic carbocycles. The number of sulfonamides is 1. The van der Waals surface area contributed by atoms with E-state index in [2.05, 4.69) is 4.99 Å². The van der Waals surface area contributed by atoms with E-state index < -0.39 is 10.0 Å². The minimum absolute atomic E-state index is 0.0183. The highest BCUT2D eigenvalue weighted by Crippen LogP contribution is 1.94. The van der Waals surface area contributed by atoms with Crippen molar-refractivity contribution in [3.63, 3.8) is 0 Å². The second-order valence-corrected chi connectivity index (χ2v) is 5.52. The number of hydrogen-bond acceptors (Lipinski definition) is 3. The van der Waals surface area contributed by atoms with Gasteiger partial charge in [-0.3, -0.25) is 4.99 Å². The zero-order chi connectivity index (χ0) is 11.2. The van der Waals surface area contributed by atoms with Crippen LogP contribution in [0.3, 0.4) is 0 Å². The van der Waals surface area contributed by atoms with Crippen LogP contribution in [0, 0.1) is 0 Å². The van der Waals surface area contributed by atoms with Crippen molar-refractivity contribution < 1.29 is 8.42 Å². The summed E-state index contributed by atoms with van der Waals surface area (Å²) in [5, 5.41) is 0. The summed E-state index contributed by atoms with van der Waals surface area (Å²) in [4.78, 5) is 3.97. The van der Waals surface area contributed by atoms with Crippen molar-refractivity contribution in [1.82, 2.24) is 4.31 Å². The molecule has 0 spiro atoms. The van der Waals surface area contributed by atoms with Gasteiger partial charge in [-0.2, -0.15) is 0 Å². The Balaban J connectivity index is 4.02. The smallest absolute Gasteiger partial charge is 0.215 e. The summed E-state index contributed by atoms with van der Waals surface area (Å²) in [6.07, 6.45) is 1.65. The second-order valence-electron chi connectivity index (χ2n) is 3.22. The maximum absolute atomic E-state index is 11.3. The van der Waals surface area contributed by atoms with Crippen LogP contribution in [0.15, 0.2) is 4.99 Å². The standard InChI is InChI=1S/C8H19N3O2S/c1-4-5-8(9)10-6-7-14(12,13)11(2)3/h4-7H2,1-3H3,(H2,9,10). The highest BCUT2D eigenvalue weighted by Gasteiger charge is 2.11. The van der Waals surface area contributed by atoms with Gasteiger partial charge in [-0.25, -0.2) is 12.7 Å². The van der Waals surface area contributed by atoms with Gasteiger partial charge in [0.05, 0.1) is 18.1 Å². The molecular weight excluding hydrogens is 202 g/mol. The lowest BCUT2D eigenvalue weighted by atomic mass is 10.3. The van der Waals surface area contributed by atoms with Crippen LogP contribution < -0.4 is 5.73 Å². The van der Waals surface area contributed by atoms with Gasteiger partial charge in [-0.05, 0) is 6.42 Å². The van der Waals surface area contributed by atoms with Crippen LogP contribution >= 0.6 is 0 Å². The van der Waals surface area contributed by atoms with Crippen LogP contribution in [-0.4, -0.2) is 45.0 Å². The molecule has 6 heteroatoms.